The lowest BCUT2D eigenvalue weighted by molar-refractivity contribution is -0.142. The first-order valence-electron chi connectivity index (χ1n) is 14.6. The van der Waals surface area contributed by atoms with Crippen molar-refractivity contribution < 1.29 is 66.5 Å². The first kappa shape index (κ1) is 39.0. The number of rotatable bonds is 33. The fraction of sp³-hybridized carbons (Fsp3) is 0.821. The van der Waals surface area contributed by atoms with Gasteiger partial charge in [-0.25, -0.2) is 0 Å². The Kier molecular flexibility index (Phi) is 27.2. The fourth-order valence-corrected chi connectivity index (χ4v) is 3.13. The number of nitrogens with zero attached hydrogens (tertiary/aromatic N) is 1. The molecule has 0 radical (unpaired) electrons. The molecule has 250 valence electrons. The average Bonchev–Trinajstić information content (AvgIpc) is 3.31. The number of amides is 2. The van der Waals surface area contributed by atoms with Crippen LogP contribution in [0, 0.1) is 0 Å². The highest BCUT2D eigenvalue weighted by Crippen LogP contribution is 2.02. The molecule has 0 saturated carbocycles. The van der Waals surface area contributed by atoms with Crippen molar-refractivity contribution in [1.29, 1.82) is 0 Å². The van der Waals surface area contributed by atoms with Gasteiger partial charge in [0.2, 0.25) is 0 Å². The van der Waals surface area contributed by atoms with E-state index in [0.717, 1.165) is 4.90 Å². The van der Waals surface area contributed by atoms with E-state index in [-0.39, 0.29) is 37.5 Å². The molecular formula is C28H49NO14. The van der Waals surface area contributed by atoms with Crippen molar-refractivity contribution in [2.75, 3.05) is 145 Å². The molecule has 0 fully saturated rings. The number of hydrogen-bond donors (Lipinski definition) is 0. The molecular weight excluding hydrogens is 574 g/mol. The monoisotopic (exact) mass is 623 g/mol. The minimum Gasteiger partial charge on any atom is -0.463 e. The molecule has 2 amide bonds. The van der Waals surface area contributed by atoms with Crippen molar-refractivity contribution >= 4 is 17.8 Å². The third-order valence-electron chi connectivity index (χ3n) is 5.24. The molecule has 1 aliphatic rings. The van der Waals surface area contributed by atoms with Crippen LogP contribution in [0.25, 0.3) is 0 Å². The molecule has 43 heavy (non-hydrogen) atoms. The molecule has 15 nitrogen and oxygen atoms in total. The van der Waals surface area contributed by atoms with Gasteiger partial charge in [-0.15, -0.1) is 0 Å². The predicted molar refractivity (Wildman–Crippen MR) is 151 cm³/mol. The van der Waals surface area contributed by atoms with Crippen molar-refractivity contribution in [3.8, 4) is 0 Å². The van der Waals surface area contributed by atoms with Crippen LogP contribution in [0.15, 0.2) is 12.2 Å². The van der Waals surface area contributed by atoms with E-state index in [1.807, 2.05) is 0 Å². The maximum atomic E-state index is 11.4. The van der Waals surface area contributed by atoms with Crippen molar-refractivity contribution in [2.45, 2.75) is 6.92 Å². The van der Waals surface area contributed by atoms with Gasteiger partial charge in [-0.2, -0.15) is 0 Å². The number of ether oxygens (including phenoxy) is 11. The Morgan fingerprint density at radius 1 is 0.442 bits per heavy atom. The van der Waals surface area contributed by atoms with Crippen LogP contribution in [0.4, 0.5) is 0 Å². The molecule has 0 aliphatic carbocycles. The third-order valence-corrected chi connectivity index (χ3v) is 5.24. The molecule has 0 atom stereocenters. The summed E-state index contributed by atoms with van der Waals surface area (Å²) in [4.78, 5) is 34.5. The second-order valence-corrected chi connectivity index (χ2v) is 8.63. The molecule has 0 aromatic heterocycles. The van der Waals surface area contributed by atoms with E-state index in [4.69, 9.17) is 52.1 Å². The van der Waals surface area contributed by atoms with Crippen LogP contribution in [-0.4, -0.2) is 168 Å². The van der Waals surface area contributed by atoms with Crippen molar-refractivity contribution in [2.24, 2.45) is 0 Å². The smallest absolute Gasteiger partial charge is 0.302 e. The van der Waals surface area contributed by atoms with Gasteiger partial charge in [-0.3, -0.25) is 19.3 Å². The topological polar surface area (TPSA) is 156 Å². The lowest BCUT2D eigenvalue weighted by Gasteiger charge is -2.13. The van der Waals surface area contributed by atoms with E-state index in [2.05, 4.69) is 0 Å². The van der Waals surface area contributed by atoms with Gasteiger partial charge in [0.05, 0.1) is 139 Å². The van der Waals surface area contributed by atoms with E-state index in [0.29, 0.717) is 126 Å². The van der Waals surface area contributed by atoms with Crippen LogP contribution >= 0.6 is 0 Å². The molecule has 0 unspecified atom stereocenters. The summed E-state index contributed by atoms with van der Waals surface area (Å²) in [7, 11) is 0. The van der Waals surface area contributed by atoms with E-state index in [9.17, 15) is 14.4 Å². The van der Waals surface area contributed by atoms with Crippen LogP contribution in [0.1, 0.15) is 6.92 Å². The van der Waals surface area contributed by atoms with E-state index in [1.165, 1.54) is 19.1 Å². The highest BCUT2D eigenvalue weighted by atomic mass is 16.6. The van der Waals surface area contributed by atoms with Crippen molar-refractivity contribution in [1.82, 2.24) is 4.90 Å². The Morgan fingerprint density at radius 2 is 0.674 bits per heavy atom. The summed E-state index contributed by atoms with van der Waals surface area (Å²) in [5.41, 5.74) is 0. The molecule has 15 heteroatoms. The normalized spacial score (nSPS) is 13.0. The summed E-state index contributed by atoms with van der Waals surface area (Å²) in [5, 5.41) is 0. The SMILES string of the molecule is CC(=O)OCCOCCOCCOCCOCCOCCOCCOCCOCCOCCOCCN1C(=O)C=CC1=O. The zero-order valence-electron chi connectivity index (χ0n) is 25.4. The Bertz CT molecular complexity index is 706. The maximum absolute atomic E-state index is 11.4. The molecule has 0 spiro atoms. The second-order valence-electron chi connectivity index (χ2n) is 8.63. The number of carbonyl (C=O) groups excluding carboxylic acids is 3. The predicted octanol–water partition coefficient (Wildman–Crippen LogP) is -0.359. The standard InChI is InChI=1S/C28H49NO14/c1-26(30)43-25-24-42-23-22-41-21-20-40-19-18-39-17-16-38-15-14-37-13-12-36-11-10-35-9-8-34-7-6-33-5-4-29-27(31)2-3-28(29)32/h2-3H,4-25H2,1H3. The van der Waals surface area contributed by atoms with Crippen LogP contribution in [0.3, 0.4) is 0 Å². The Hall–Kier alpha value is -2.05. The highest BCUT2D eigenvalue weighted by Gasteiger charge is 2.22. The number of imide groups is 1. The van der Waals surface area contributed by atoms with Gasteiger partial charge in [-0.05, 0) is 0 Å². The van der Waals surface area contributed by atoms with Gasteiger partial charge in [0, 0.05) is 19.1 Å². The van der Waals surface area contributed by atoms with Gasteiger partial charge in [0.25, 0.3) is 11.8 Å². The van der Waals surface area contributed by atoms with Gasteiger partial charge < -0.3 is 52.1 Å². The molecule has 1 rings (SSSR count). The molecule has 1 heterocycles. The average molecular weight is 624 g/mol. The van der Waals surface area contributed by atoms with E-state index >= 15 is 0 Å². The summed E-state index contributed by atoms with van der Waals surface area (Å²) >= 11 is 0. The largest absolute Gasteiger partial charge is 0.463 e. The molecule has 0 aromatic carbocycles. The zero-order valence-corrected chi connectivity index (χ0v) is 25.4. The first-order chi connectivity index (χ1) is 21.1. The minimum atomic E-state index is -0.317. The quantitative estimate of drug-likeness (QED) is 0.0531. The fourth-order valence-electron chi connectivity index (χ4n) is 3.13. The lowest BCUT2D eigenvalue weighted by Crippen LogP contribution is -2.33. The molecule has 0 saturated heterocycles. The lowest BCUT2D eigenvalue weighted by atomic mass is 10.5. The molecule has 0 N–H and O–H groups in total. The van der Waals surface area contributed by atoms with Crippen LogP contribution in [-0.2, 0) is 66.5 Å². The first-order valence-corrected chi connectivity index (χ1v) is 14.6. The van der Waals surface area contributed by atoms with E-state index < -0.39 is 0 Å². The van der Waals surface area contributed by atoms with Crippen LogP contribution in [0.5, 0.6) is 0 Å². The van der Waals surface area contributed by atoms with Crippen molar-refractivity contribution in [3.63, 3.8) is 0 Å². The summed E-state index contributed by atoms with van der Waals surface area (Å²) in [6, 6.07) is 0. The van der Waals surface area contributed by atoms with Gasteiger partial charge in [-0.1, -0.05) is 0 Å². The van der Waals surface area contributed by atoms with Crippen molar-refractivity contribution in [3.05, 3.63) is 12.2 Å². The highest BCUT2D eigenvalue weighted by molar-refractivity contribution is 6.12. The van der Waals surface area contributed by atoms with Crippen LogP contribution in [0.2, 0.25) is 0 Å². The summed E-state index contributed by atoms with van der Waals surface area (Å²) in [6.07, 6.45) is 2.50. The molecule has 1 aliphatic heterocycles. The number of carbonyl (C=O) groups is 3. The van der Waals surface area contributed by atoms with Gasteiger partial charge in [0.15, 0.2) is 0 Å². The van der Waals surface area contributed by atoms with Crippen LogP contribution < -0.4 is 0 Å². The zero-order chi connectivity index (χ0) is 31.1. The summed E-state index contributed by atoms with van der Waals surface area (Å²) in [5.74, 6) is -0.936. The third kappa shape index (κ3) is 26.1. The Balaban J connectivity index is 1.63. The Labute approximate surface area is 253 Å². The van der Waals surface area contributed by atoms with Gasteiger partial charge in [0.1, 0.15) is 6.61 Å². The number of hydrogen-bond acceptors (Lipinski definition) is 14. The summed E-state index contributed by atoms with van der Waals surface area (Å²) in [6.45, 7) is 10.8. The second kappa shape index (κ2) is 30.0. The number of esters is 1. The molecule has 0 bridgehead atoms. The Morgan fingerprint density at radius 3 is 0.930 bits per heavy atom. The minimum absolute atomic E-state index is 0.237. The maximum Gasteiger partial charge on any atom is 0.302 e. The van der Waals surface area contributed by atoms with E-state index in [1.54, 1.807) is 0 Å². The molecule has 0 aromatic rings. The van der Waals surface area contributed by atoms with Gasteiger partial charge >= 0.3 is 5.97 Å². The summed E-state index contributed by atoms with van der Waals surface area (Å²) < 4.78 is 58.7.